The lowest BCUT2D eigenvalue weighted by Crippen LogP contribution is -2.41. The highest BCUT2D eigenvalue weighted by molar-refractivity contribution is 5.79. The first-order valence-corrected chi connectivity index (χ1v) is 12.8. The van der Waals surface area contributed by atoms with Gasteiger partial charge in [0.25, 0.3) is 5.56 Å². The predicted molar refractivity (Wildman–Crippen MR) is 134 cm³/mol. The number of aromatic amines is 1. The highest BCUT2D eigenvalue weighted by Gasteiger charge is 2.33. The molecular weight excluding hydrogens is 444 g/mol. The summed E-state index contributed by atoms with van der Waals surface area (Å²) in [5, 5.41) is 13.4. The molecule has 0 aliphatic heterocycles. The van der Waals surface area contributed by atoms with Crippen LogP contribution < -0.4 is 5.56 Å². The Morgan fingerprint density at radius 1 is 1.23 bits per heavy atom. The molecule has 0 unspecified atom stereocenters. The van der Waals surface area contributed by atoms with Crippen LogP contribution in [-0.4, -0.2) is 48.7 Å². The molecule has 35 heavy (non-hydrogen) atoms. The maximum atomic E-state index is 13.1. The van der Waals surface area contributed by atoms with Crippen LogP contribution in [0, 0.1) is 6.92 Å². The van der Waals surface area contributed by atoms with Crippen molar-refractivity contribution in [2.75, 3.05) is 6.61 Å². The number of nitrogens with zero attached hydrogens (tertiary/aromatic N) is 5. The number of hydrogen-bond donors (Lipinski definition) is 1. The van der Waals surface area contributed by atoms with Crippen LogP contribution in [0.3, 0.4) is 0 Å². The van der Waals surface area contributed by atoms with Gasteiger partial charge >= 0.3 is 5.97 Å². The number of pyridine rings is 1. The third-order valence-electron chi connectivity index (χ3n) is 6.88. The van der Waals surface area contributed by atoms with Crippen molar-refractivity contribution in [3.63, 3.8) is 0 Å². The Bertz CT molecular complexity index is 1200. The second kappa shape index (κ2) is 11.6. The number of benzene rings is 1. The van der Waals surface area contributed by atoms with Gasteiger partial charge in [0.15, 0.2) is 5.82 Å². The van der Waals surface area contributed by atoms with Crippen molar-refractivity contribution in [1.29, 1.82) is 0 Å². The number of rotatable bonds is 10. The van der Waals surface area contributed by atoms with Crippen LogP contribution in [0.1, 0.15) is 81.8 Å². The van der Waals surface area contributed by atoms with Gasteiger partial charge in [-0.15, -0.1) is 5.10 Å². The normalized spacial score (nSPS) is 15.5. The Kier molecular flexibility index (Phi) is 8.28. The maximum absolute atomic E-state index is 13.1. The molecule has 0 amide bonds. The van der Waals surface area contributed by atoms with Crippen LogP contribution in [0.5, 0.6) is 0 Å². The number of carbonyl (C=O) groups excluding carboxylic acids is 1. The lowest BCUT2D eigenvalue weighted by Gasteiger charge is -2.39. The lowest BCUT2D eigenvalue weighted by atomic mass is 9.91. The van der Waals surface area contributed by atoms with Crippen molar-refractivity contribution in [2.24, 2.45) is 0 Å². The van der Waals surface area contributed by atoms with Gasteiger partial charge in [0, 0.05) is 23.7 Å². The molecule has 9 heteroatoms. The fourth-order valence-corrected chi connectivity index (χ4v) is 5.19. The van der Waals surface area contributed by atoms with Crippen molar-refractivity contribution in [2.45, 2.75) is 90.9 Å². The number of fused-ring (bicyclic) bond motifs is 1. The number of ether oxygens (including phenoxy) is 1. The molecule has 0 saturated heterocycles. The third-order valence-corrected chi connectivity index (χ3v) is 6.88. The quantitative estimate of drug-likeness (QED) is 0.436. The number of nitrogens with one attached hydrogen (secondary N) is 1. The largest absolute Gasteiger partial charge is 0.465 e. The molecule has 4 rings (SSSR count). The fourth-order valence-electron chi connectivity index (χ4n) is 5.19. The third kappa shape index (κ3) is 5.96. The van der Waals surface area contributed by atoms with Gasteiger partial charge in [-0.05, 0) is 66.6 Å². The zero-order chi connectivity index (χ0) is 24.8. The van der Waals surface area contributed by atoms with Crippen LogP contribution in [0.2, 0.25) is 0 Å². The zero-order valence-corrected chi connectivity index (χ0v) is 21.0. The van der Waals surface area contributed by atoms with Crippen molar-refractivity contribution in [3.05, 3.63) is 51.6 Å². The van der Waals surface area contributed by atoms with E-state index in [9.17, 15) is 9.59 Å². The van der Waals surface area contributed by atoms with Crippen LogP contribution in [-0.2, 0) is 22.6 Å². The molecule has 0 bridgehead atoms. The van der Waals surface area contributed by atoms with E-state index in [1.54, 1.807) is 11.6 Å². The molecule has 188 valence electrons. The summed E-state index contributed by atoms with van der Waals surface area (Å²) in [7, 11) is 0. The predicted octanol–water partition coefficient (Wildman–Crippen LogP) is 4.06. The first-order chi connectivity index (χ1) is 17.0. The minimum atomic E-state index is -0.359. The Morgan fingerprint density at radius 3 is 2.77 bits per heavy atom. The molecule has 1 fully saturated rings. The molecular formula is C26H36N6O3. The highest BCUT2D eigenvalue weighted by atomic mass is 16.5. The summed E-state index contributed by atoms with van der Waals surface area (Å²) < 4.78 is 6.69. The maximum Gasteiger partial charge on any atom is 0.327 e. The topological polar surface area (TPSA) is 106 Å². The molecule has 9 nitrogen and oxygen atoms in total. The SMILES string of the molecule is CCC[C@H](c1nnnn1CC(=O)OCC)N(Cc1cc2ccc(C)cc2[nH]c1=O)C1CCCCC1. The van der Waals surface area contributed by atoms with Gasteiger partial charge in [-0.1, -0.05) is 44.7 Å². The van der Waals surface area contributed by atoms with Crippen molar-refractivity contribution >= 4 is 16.9 Å². The number of aromatic nitrogens is 5. The van der Waals surface area contributed by atoms with Gasteiger partial charge in [-0.25, -0.2) is 4.68 Å². The number of aryl methyl sites for hydroxylation is 1. The summed E-state index contributed by atoms with van der Waals surface area (Å²) >= 11 is 0. The molecule has 2 heterocycles. The summed E-state index contributed by atoms with van der Waals surface area (Å²) in [5.41, 5.74) is 2.63. The second-order valence-electron chi connectivity index (χ2n) is 9.48. The first kappa shape index (κ1) is 25.0. The summed E-state index contributed by atoms with van der Waals surface area (Å²) in [4.78, 5) is 30.8. The monoisotopic (exact) mass is 480 g/mol. The molecule has 0 radical (unpaired) electrons. The van der Waals surface area contributed by atoms with E-state index in [1.807, 2.05) is 19.1 Å². The average Bonchev–Trinajstić information content (AvgIpc) is 3.30. The smallest absolute Gasteiger partial charge is 0.327 e. The summed E-state index contributed by atoms with van der Waals surface area (Å²) in [6, 6.07) is 8.34. The first-order valence-electron chi connectivity index (χ1n) is 12.8. The molecule has 1 atom stereocenters. The van der Waals surface area contributed by atoms with Crippen LogP contribution in [0.15, 0.2) is 29.1 Å². The molecule has 1 aromatic carbocycles. The summed E-state index contributed by atoms with van der Waals surface area (Å²) in [6.45, 7) is 6.73. The highest BCUT2D eigenvalue weighted by Crippen LogP contribution is 2.33. The number of tetrazole rings is 1. The second-order valence-corrected chi connectivity index (χ2v) is 9.48. The molecule has 1 aliphatic carbocycles. The van der Waals surface area contributed by atoms with Gasteiger partial charge in [0.2, 0.25) is 0 Å². The number of hydrogen-bond acceptors (Lipinski definition) is 7. The lowest BCUT2D eigenvalue weighted by molar-refractivity contribution is -0.144. The van der Waals surface area contributed by atoms with Crippen molar-refractivity contribution in [1.82, 2.24) is 30.1 Å². The Labute approximate surface area is 205 Å². The summed E-state index contributed by atoms with van der Waals surface area (Å²) in [5.74, 6) is 0.292. The molecule has 0 spiro atoms. The van der Waals surface area contributed by atoms with E-state index in [2.05, 4.69) is 44.5 Å². The minimum Gasteiger partial charge on any atom is -0.465 e. The van der Waals surface area contributed by atoms with Crippen LogP contribution >= 0.6 is 0 Å². The van der Waals surface area contributed by atoms with Gasteiger partial charge in [-0.2, -0.15) is 0 Å². The molecule has 1 saturated carbocycles. The van der Waals surface area contributed by atoms with E-state index >= 15 is 0 Å². The van der Waals surface area contributed by atoms with Crippen molar-refractivity contribution < 1.29 is 9.53 Å². The van der Waals surface area contributed by atoms with Crippen LogP contribution in [0.25, 0.3) is 10.9 Å². The summed E-state index contributed by atoms with van der Waals surface area (Å²) in [6.07, 6.45) is 7.47. The number of H-pyrrole nitrogens is 1. The van der Waals surface area contributed by atoms with Gasteiger partial charge in [0.1, 0.15) is 6.54 Å². The van der Waals surface area contributed by atoms with Gasteiger partial charge in [-0.3, -0.25) is 14.5 Å². The van der Waals surface area contributed by atoms with Gasteiger partial charge in [0.05, 0.1) is 12.6 Å². The van der Waals surface area contributed by atoms with E-state index in [1.165, 1.54) is 19.3 Å². The van der Waals surface area contributed by atoms with Crippen LogP contribution in [0.4, 0.5) is 0 Å². The Hall–Kier alpha value is -3.07. The molecule has 1 N–H and O–H groups in total. The number of carbonyl (C=O) groups is 1. The minimum absolute atomic E-state index is 0.0230. The standard InChI is InChI=1S/C26H36N6O3/c1-4-9-23(25-28-29-30-32(25)17-24(33)35-5-2)31(21-10-7-6-8-11-21)16-20-15-19-13-12-18(3)14-22(19)27-26(20)34/h12-15,21,23H,4-11,16-17H2,1-3H3,(H,27,34)/t23-/m1/s1. The zero-order valence-electron chi connectivity index (χ0n) is 21.0. The van der Waals surface area contributed by atoms with E-state index < -0.39 is 0 Å². The van der Waals surface area contributed by atoms with E-state index in [0.717, 1.165) is 47.7 Å². The van der Waals surface area contributed by atoms with E-state index in [-0.39, 0.29) is 24.1 Å². The molecule has 3 aromatic rings. The van der Waals surface area contributed by atoms with E-state index in [0.29, 0.717) is 25.0 Å². The van der Waals surface area contributed by atoms with Crippen molar-refractivity contribution in [3.8, 4) is 0 Å². The molecule has 2 aromatic heterocycles. The molecule has 1 aliphatic rings. The average molecular weight is 481 g/mol. The fraction of sp³-hybridized carbons (Fsp3) is 0.577. The Morgan fingerprint density at radius 2 is 2.03 bits per heavy atom. The van der Waals surface area contributed by atoms with E-state index in [4.69, 9.17) is 4.74 Å². The number of esters is 1. The van der Waals surface area contributed by atoms with Gasteiger partial charge < -0.3 is 9.72 Å². The Balaban J connectivity index is 1.71.